The number of rotatable bonds is 23. The Balaban J connectivity index is 1.56. The van der Waals surface area contributed by atoms with Crippen molar-refractivity contribution in [2.45, 2.75) is 123 Å². The summed E-state index contributed by atoms with van der Waals surface area (Å²) in [5, 5.41) is 17.6. The van der Waals surface area contributed by atoms with E-state index in [0.29, 0.717) is 43.6 Å². The van der Waals surface area contributed by atoms with Crippen LogP contribution in [0.5, 0.6) is 0 Å². The van der Waals surface area contributed by atoms with E-state index in [-0.39, 0.29) is 61.9 Å². The fourth-order valence-corrected chi connectivity index (χ4v) is 6.24. The van der Waals surface area contributed by atoms with E-state index in [0.717, 1.165) is 37.9 Å². The maximum Gasteiger partial charge on any atom is 0.242 e. The predicted octanol–water partition coefficient (Wildman–Crippen LogP) is 1.44. The number of nitrogens with zero attached hydrogens (tertiary/aromatic N) is 1. The molecule has 0 bridgehead atoms. The van der Waals surface area contributed by atoms with Gasteiger partial charge in [0.25, 0.3) is 0 Å². The Morgan fingerprint density at radius 2 is 1.66 bits per heavy atom. The maximum atomic E-state index is 12.5. The number of fused-ring (bicyclic) bond motifs is 1. The highest BCUT2D eigenvalue weighted by Gasteiger charge is 2.29. The molecular weight excluding hydrogens is 664 g/mol. The number of amides is 6. The average Bonchev–Trinajstić information content (AvgIpc) is 3.43. The number of thiazole rings is 1. The summed E-state index contributed by atoms with van der Waals surface area (Å²) in [5.41, 5.74) is 4.80. The van der Waals surface area contributed by atoms with Crippen molar-refractivity contribution >= 4 is 51.9 Å². The van der Waals surface area contributed by atoms with E-state index in [1.54, 1.807) is 20.8 Å². The van der Waals surface area contributed by atoms with Crippen LogP contribution in [0.1, 0.15) is 103 Å². The van der Waals surface area contributed by atoms with Crippen molar-refractivity contribution in [1.82, 2.24) is 31.6 Å². The van der Waals surface area contributed by atoms with Crippen molar-refractivity contribution in [2.75, 3.05) is 38.1 Å². The third-order valence-corrected chi connectivity index (χ3v) is 9.44. The fraction of sp³-hybridized carbons (Fsp3) is 0.735. The lowest BCUT2D eigenvalue weighted by molar-refractivity contribution is -0.133. The first-order chi connectivity index (χ1) is 23.5. The molecule has 1 aliphatic rings. The Labute approximate surface area is 299 Å². The van der Waals surface area contributed by atoms with Gasteiger partial charge in [0.1, 0.15) is 6.04 Å². The van der Waals surface area contributed by atoms with Crippen molar-refractivity contribution in [1.29, 1.82) is 0 Å². The standard InChI is InChI=1S/C34H58N8O7S/c1-7-16-36-23-11-12-24-25(20-23)50-32(41-24)42-28(45)10-8-9-27(44)37-17-13-29(46)40-22(2)30(47)38-18-14-34(5,6)49-19-15-33(3,4)31(48)39-21-26(35)43/h22-23,36H,7-21H2,1-6H3,(H2,35,43)(H,37,44)(H,38,47)(H,39,48)(H,40,46)(H,41,42,45)/t22-,23?/m0/s1. The largest absolute Gasteiger partial charge is 0.375 e. The predicted molar refractivity (Wildman–Crippen MR) is 192 cm³/mol. The highest BCUT2D eigenvalue weighted by Crippen LogP contribution is 2.30. The Hall–Kier alpha value is -3.63. The lowest BCUT2D eigenvalue weighted by Gasteiger charge is -2.29. The summed E-state index contributed by atoms with van der Waals surface area (Å²) in [7, 11) is 0. The molecule has 0 aliphatic heterocycles. The number of carbonyl (C=O) groups is 6. The van der Waals surface area contributed by atoms with Gasteiger partial charge in [0.05, 0.1) is 17.8 Å². The number of carbonyl (C=O) groups excluding carboxylic acids is 6. The number of anilines is 1. The summed E-state index contributed by atoms with van der Waals surface area (Å²) in [6.07, 6.45) is 5.58. The highest BCUT2D eigenvalue weighted by atomic mass is 32.1. The maximum absolute atomic E-state index is 12.5. The van der Waals surface area contributed by atoms with Crippen LogP contribution in [0, 0.1) is 5.41 Å². The minimum Gasteiger partial charge on any atom is -0.375 e. The molecule has 0 saturated carbocycles. The number of nitrogens with one attached hydrogen (secondary N) is 6. The van der Waals surface area contributed by atoms with Gasteiger partial charge in [-0.2, -0.15) is 0 Å². The molecule has 0 saturated heterocycles. The topological polar surface area (TPSA) is 223 Å². The van der Waals surface area contributed by atoms with Crippen LogP contribution in [0.4, 0.5) is 5.13 Å². The third kappa shape index (κ3) is 16.4. The van der Waals surface area contributed by atoms with E-state index in [4.69, 9.17) is 10.5 Å². The summed E-state index contributed by atoms with van der Waals surface area (Å²) in [5.74, 6) is -2.08. The average molecular weight is 723 g/mol. The third-order valence-electron chi connectivity index (χ3n) is 8.41. The van der Waals surface area contributed by atoms with Gasteiger partial charge in [-0.05, 0) is 72.3 Å². The number of hydrogen-bond acceptors (Lipinski definition) is 10. The lowest BCUT2D eigenvalue weighted by atomic mass is 9.88. The molecule has 0 aromatic carbocycles. The number of aromatic nitrogens is 1. The molecule has 1 aliphatic carbocycles. The second-order valence-electron chi connectivity index (χ2n) is 14.0. The van der Waals surface area contributed by atoms with Crippen LogP contribution in [-0.2, 0) is 46.3 Å². The number of ether oxygens (including phenoxy) is 1. The van der Waals surface area contributed by atoms with Crippen LogP contribution >= 0.6 is 11.3 Å². The summed E-state index contributed by atoms with van der Waals surface area (Å²) in [6, 6.07) is -0.324. The quantitative estimate of drug-likeness (QED) is 0.0867. The molecule has 6 amide bonds. The molecule has 8 N–H and O–H groups in total. The molecule has 15 nitrogen and oxygen atoms in total. The molecule has 0 fully saturated rings. The van der Waals surface area contributed by atoms with E-state index in [1.165, 1.54) is 16.2 Å². The minimum atomic E-state index is -0.775. The number of aryl methyl sites for hydroxylation is 1. The van der Waals surface area contributed by atoms with E-state index in [2.05, 4.69) is 43.8 Å². The zero-order valence-electron chi connectivity index (χ0n) is 30.6. The number of nitrogens with two attached hydrogens (primary N) is 1. The Kier molecular flexibility index (Phi) is 17.8. The second-order valence-corrected chi connectivity index (χ2v) is 15.1. The Bertz CT molecular complexity index is 1320. The summed E-state index contributed by atoms with van der Waals surface area (Å²) < 4.78 is 5.95. The van der Waals surface area contributed by atoms with Crippen LogP contribution in [0.2, 0.25) is 0 Å². The normalized spacial score (nSPS) is 15.0. The minimum absolute atomic E-state index is 0.00511. The van der Waals surface area contributed by atoms with E-state index in [9.17, 15) is 28.8 Å². The SMILES string of the molecule is CCCNC1CCc2nc(NC(=O)CCCC(=O)NCCC(=O)N[C@@H](C)C(=O)NCCC(C)(C)OCCC(C)(C)C(=O)NCC(N)=O)sc2C1. The molecule has 16 heteroatoms. The van der Waals surface area contributed by atoms with Crippen LogP contribution in [0.25, 0.3) is 0 Å². The second kappa shape index (κ2) is 20.9. The van der Waals surface area contributed by atoms with E-state index in [1.807, 2.05) is 13.8 Å². The van der Waals surface area contributed by atoms with Crippen molar-refractivity contribution in [3.05, 3.63) is 10.6 Å². The Morgan fingerprint density at radius 3 is 2.36 bits per heavy atom. The van der Waals surface area contributed by atoms with Crippen molar-refractivity contribution in [3.8, 4) is 0 Å². The molecule has 1 aromatic heterocycles. The molecule has 1 aromatic rings. The first-order valence-electron chi connectivity index (χ1n) is 17.6. The first-order valence-corrected chi connectivity index (χ1v) is 18.4. The molecule has 50 heavy (non-hydrogen) atoms. The lowest BCUT2D eigenvalue weighted by Crippen LogP contribution is -2.46. The summed E-state index contributed by atoms with van der Waals surface area (Å²) in [6.45, 7) is 12.5. The van der Waals surface area contributed by atoms with Crippen molar-refractivity contribution in [2.24, 2.45) is 11.1 Å². The number of hydrogen-bond donors (Lipinski definition) is 7. The molecule has 0 radical (unpaired) electrons. The van der Waals surface area contributed by atoms with Gasteiger partial charge in [-0.3, -0.25) is 28.8 Å². The first kappa shape index (κ1) is 42.5. The van der Waals surface area contributed by atoms with E-state index < -0.39 is 23.0 Å². The van der Waals surface area contributed by atoms with Crippen LogP contribution in [0.3, 0.4) is 0 Å². The van der Waals surface area contributed by atoms with Gasteiger partial charge in [-0.1, -0.05) is 20.8 Å². The van der Waals surface area contributed by atoms with Gasteiger partial charge in [0.15, 0.2) is 5.13 Å². The summed E-state index contributed by atoms with van der Waals surface area (Å²) >= 11 is 1.52. The zero-order valence-corrected chi connectivity index (χ0v) is 31.4. The zero-order chi connectivity index (χ0) is 37.3. The van der Waals surface area contributed by atoms with Crippen molar-refractivity contribution < 1.29 is 33.5 Å². The molecular formula is C34H58N8O7S. The molecule has 1 heterocycles. The smallest absolute Gasteiger partial charge is 0.242 e. The van der Waals surface area contributed by atoms with Crippen LogP contribution in [0.15, 0.2) is 0 Å². The molecule has 1 unspecified atom stereocenters. The molecule has 0 spiro atoms. The molecule has 282 valence electrons. The number of primary amides is 1. The van der Waals surface area contributed by atoms with E-state index >= 15 is 0 Å². The van der Waals surface area contributed by atoms with Crippen LogP contribution < -0.4 is 37.6 Å². The van der Waals surface area contributed by atoms with Gasteiger partial charge in [-0.15, -0.1) is 11.3 Å². The monoisotopic (exact) mass is 722 g/mol. The molecule has 2 rings (SSSR count). The van der Waals surface area contributed by atoms with Gasteiger partial charge < -0.3 is 42.4 Å². The Morgan fingerprint density at radius 1 is 0.940 bits per heavy atom. The van der Waals surface area contributed by atoms with Gasteiger partial charge in [0, 0.05) is 55.3 Å². The fourth-order valence-electron chi connectivity index (χ4n) is 5.14. The summed E-state index contributed by atoms with van der Waals surface area (Å²) in [4.78, 5) is 78.5. The molecule has 2 atom stereocenters. The van der Waals surface area contributed by atoms with Gasteiger partial charge in [-0.25, -0.2) is 4.98 Å². The van der Waals surface area contributed by atoms with Crippen molar-refractivity contribution in [3.63, 3.8) is 0 Å². The van der Waals surface area contributed by atoms with Crippen LogP contribution in [-0.4, -0.2) is 90.9 Å². The van der Waals surface area contributed by atoms with Gasteiger partial charge >= 0.3 is 0 Å². The highest BCUT2D eigenvalue weighted by molar-refractivity contribution is 7.15. The van der Waals surface area contributed by atoms with Gasteiger partial charge in [0.2, 0.25) is 35.4 Å².